The van der Waals surface area contributed by atoms with Gasteiger partial charge in [-0.25, -0.2) is 4.79 Å². The quantitative estimate of drug-likeness (QED) is 0.564. The van der Waals surface area contributed by atoms with Crippen molar-refractivity contribution in [2.75, 3.05) is 31.6 Å². The summed E-state index contributed by atoms with van der Waals surface area (Å²) in [6.07, 6.45) is 1.71. The predicted molar refractivity (Wildman–Crippen MR) is 132 cm³/mol. The van der Waals surface area contributed by atoms with Crippen LogP contribution in [0.25, 0.3) is 11.3 Å². The summed E-state index contributed by atoms with van der Waals surface area (Å²) in [5, 5.41) is 2.87. The zero-order valence-corrected chi connectivity index (χ0v) is 19.9. The minimum absolute atomic E-state index is 0.0583. The number of aryl methyl sites for hydroxylation is 1. The van der Waals surface area contributed by atoms with Crippen LogP contribution in [0.2, 0.25) is 0 Å². The third kappa shape index (κ3) is 5.71. The molecule has 2 heterocycles. The highest BCUT2D eigenvalue weighted by Gasteiger charge is 2.38. The van der Waals surface area contributed by atoms with E-state index in [0.717, 1.165) is 11.1 Å². The fraction of sp³-hybridized carbons (Fsp3) is 0.296. The van der Waals surface area contributed by atoms with Crippen LogP contribution in [0, 0.1) is 6.92 Å². The van der Waals surface area contributed by atoms with Crippen LogP contribution in [0.1, 0.15) is 29.3 Å². The van der Waals surface area contributed by atoms with Crippen molar-refractivity contribution in [3.05, 3.63) is 78.1 Å². The van der Waals surface area contributed by atoms with Crippen LogP contribution in [0.3, 0.4) is 0 Å². The molecular formula is C27H29N3O5. The number of carbonyl (C=O) groups is 3. The lowest BCUT2D eigenvalue weighted by Gasteiger charge is -2.39. The summed E-state index contributed by atoms with van der Waals surface area (Å²) in [6.45, 7) is 4.68. The summed E-state index contributed by atoms with van der Waals surface area (Å²) in [6, 6.07) is 17.3. The molecule has 1 fully saturated rings. The first-order valence-corrected chi connectivity index (χ1v) is 11.7. The molecular weight excluding hydrogens is 446 g/mol. The molecule has 1 saturated heterocycles. The molecule has 1 unspecified atom stereocenters. The summed E-state index contributed by atoms with van der Waals surface area (Å²) in [5.74, 6) is 0.0794. The molecule has 35 heavy (non-hydrogen) atoms. The van der Waals surface area contributed by atoms with Gasteiger partial charge in [-0.15, -0.1) is 0 Å². The summed E-state index contributed by atoms with van der Waals surface area (Å²) in [4.78, 5) is 42.3. The largest absolute Gasteiger partial charge is 0.464 e. The summed E-state index contributed by atoms with van der Waals surface area (Å²) in [5.41, 5.74) is 2.96. The number of hydrogen-bond acceptors (Lipinski definition) is 5. The average molecular weight is 476 g/mol. The number of hydrogen-bond donors (Lipinski definition) is 1. The smallest absolute Gasteiger partial charge is 0.410 e. The van der Waals surface area contributed by atoms with Gasteiger partial charge in [-0.1, -0.05) is 36.8 Å². The molecule has 1 aliphatic heterocycles. The normalized spacial score (nSPS) is 15.5. The maximum atomic E-state index is 13.4. The Labute approximate surface area is 204 Å². The minimum Gasteiger partial charge on any atom is -0.464 e. The Morgan fingerprint density at radius 3 is 2.57 bits per heavy atom. The van der Waals surface area contributed by atoms with Crippen molar-refractivity contribution in [2.45, 2.75) is 26.3 Å². The lowest BCUT2D eigenvalue weighted by Crippen LogP contribution is -2.60. The van der Waals surface area contributed by atoms with E-state index in [4.69, 9.17) is 9.15 Å². The first kappa shape index (κ1) is 24.1. The molecule has 1 atom stereocenters. The van der Waals surface area contributed by atoms with Gasteiger partial charge in [-0.2, -0.15) is 0 Å². The zero-order chi connectivity index (χ0) is 24.8. The van der Waals surface area contributed by atoms with Gasteiger partial charge in [-0.3, -0.25) is 14.5 Å². The lowest BCUT2D eigenvalue weighted by molar-refractivity contribution is -0.122. The van der Waals surface area contributed by atoms with E-state index in [1.165, 1.54) is 4.90 Å². The molecule has 1 N–H and O–H groups in total. The third-order valence-electron chi connectivity index (χ3n) is 5.87. The predicted octanol–water partition coefficient (Wildman–Crippen LogP) is 4.57. The molecule has 0 aliphatic carbocycles. The topological polar surface area (TPSA) is 92.1 Å². The summed E-state index contributed by atoms with van der Waals surface area (Å²) >= 11 is 0. The zero-order valence-electron chi connectivity index (χ0n) is 19.9. The van der Waals surface area contributed by atoms with Crippen LogP contribution in [-0.4, -0.2) is 60.0 Å². The molecule has 0 spiro atoms. The van der Waals surface area contributed by atoms with Crippen molar-refractivity contribution in [3.8, 4) is 11.3 Å². The van der Waals surface area contributed by atoms with Crippen LogP contribution in [0.4, 0.5) is 10.5 Å². The van der Waals surface area contributed by atoms with E-state index in [0.29, 0.717) is 30.0 Å². The highest BCUT2D eigenvalue weighted by molar-refractivity contribution is 5.99. The van der Waals surface area contributed by atoms with Crippen LogP contribution in [0.15, 0.2) is 71.3 Å². The van der Waals surface area contributed by atoms with E-state index in [2.05, 4.69) is 5.32 Å². The molecule has 8 nitrogen and oxygen atoms in total. The monoisotopic (exact) mass is 475 g/mol. The molecule has 3 aromatic rings. The SMILES string of the molecule is CCCOC(=O)N1CCN(C(=O)c2cccc(-c3ccco3)c2)CC1C(=O)Nc1ccc(C)cc1. The number of amides is 3. The average Bonchev–Trinajstić information content (AvgIpc) is 3.43. The van der Waals surface area contributed by atoms with Gasteiger partial charge >= 0.3 is 6.09 Å². The standard InChI is InChI=1S/C27H29N3O5/c1-3-15-35-27(33)30-14-13-29(18-23(30)25(31)28-22-11-9-19(2)10-12-22)26(32)21-7-4-6-20(17-21)24-8-5-16-34-24/h4-12,16-17,23H,3,13-15,18H2,1-2H3,(H,28,31). The van der Waals surface area contributed by atoms with Gasteiger partial charge in [0.05, 0.1) is 19.4 Å². The van der Waals surface area contributed by atoms with E-state index in [1.54, 1.807) is 47.6 Å². The van der Waals surface area contributed by atoms with Crippen molar-refractivity contribution < 1.29 is 23.5 Å². The third-order valence-corrected chi connectivity index (χ3v) is 5.87. The van der Waals surface area contributed by atoms with E-state index >= 15 is 0 Å². The molecule has 2 aromatic carbocycles. The highest BCUT2D eigenvalue weighted by Crippen LogP contribution is 2.23. The Balaban J connectivity index is 1.53. The fourth-order valence-corrected chi connectivity index (χ4v) is 3.98. The van der Waals surface area contributed by atoms with Gasteiger partial charge in [0.1, 0.15) is 11.8 Å². The van der Waals surface area contributed by atoms with Crippen molar-refractivity contribution in [1.82, 2.24) is 9.80 Å². The summed E-state index contributed by atoms with van der Waals surface area (Å²) in [7, 11) is 0. The number of rotatable bonds is 6. The van der Waals surface area contributed by atoms with Crippen LogP contribution in [0.5, 0.6) is 0 Å². The van der Waals surface area contributed by atoms with Gasteiger partial charge in [0.15, 0.2) is 0 Å². The number of furan rings is 1. The van der Waals surface area contributed by atoms with Crippen molar-refractivity contribution in [1.29, 1.82) is 0 Å². The van der Waals surface area contributed by atoms with E-state index < -0.39 is 12.1 Å². The Hall–Kier alpha value is -4.07. The second-order valence-corrected chi connectivity index (χ2v) is 8.49. The Morgan fingerprint density at radius 1 is 1.06 bits per heavy atom. The molecule has 182 valence electrons. The maximum Gasteiger partial charge on any atom is 0.410 e. The lowest BCUT2D eigenvalue weighted by atomic mass is 10.1. The van der Waals surface area contributed by atoms with Crippen molar-refractivity contribution in [3.63, 3.8) is 0 Å². The van der Waals surface area contributed by atoms with Gasteiger partial charge < -0.3 is 19.4 Å². The van der Waals surface area contributed by atoms with Gasteiger partial charge in [0.2, 0.25) is 5.91 Å². The van der Waals surface area contributed by atoms with Crippen LogP contribution < -0.4 is 5.32 Å². The first-order valence-electron chi connectivity index (χ1n) is 11.7. The molecule has 8 heteroatoms. The number of ether oxygens (including phenoxy) is 1. The molecule has 0 saturated carbocycles. The Kier molecular flexibility index (Phi) is 7.50. The molecule has 1 aliphatic rings. The molecule has 4 rings (SSSR count). The van der Waals surface area contributed by atoms with Gasteiger partial charge in [-0.05, 0) is 49.7 Å². The number of carbonyl (C=O) groups excluding carboxylic acids is 3. The Bertz CT molecular complexity index is 1170. The second-order valence-electron chi connectivity index (χ2n) is 8.49. The fourth-order valence-electron chi connectivity index (χ4n) is 3.98. The van der Waals surface area contributed by atoms with Gasteiger partial charge in [0, 0.05) is 29.9 Å². The number of piperazine rings is 1. The van der Waals surface area contributed by atoms with Crippen LogP contribution in [-0.2, 0) is 9.53 Å². The van der Waals surface area contributed by atoms with E-state index in [-0.39, 0.29) is 31.5 Å². The molecule has 0 radical (unpaired) electrons. The number of nitrogens with zero attached hydrogens (tertiary/aromatic N) is 2. The molecule has 0 bridgehead atoms. The number of anilines is 1. The first-order chi connectivity index (χ1) is 17.0. The van der Waals surface area contributed by atoms with Crippen LogP contribution >= 0.6 is 0 Å². The maximum absolute atomic E-state index is 13.4. The van der Waals surface area contributed by atoms with Gasteiger partial charge in [0.25, 0.3) is 5.91 Å². The summed E-state index contributed by atoms with van der Waals surface area (Å²) < 4.78 is 10.8. The highest BCUT2D eigenvalue weighted by atomic mass is 16.6. The van der Waals surface area contributed by atoms with E-state index in [1.807, 2.05) is 38.1 Å². The molecule has 1 aromatic heterocycles. The second kappa shape index (κ2) is 10.9. The number of nitrogens with one attached hydrogen (secondary N) is 1. The van der Waals surface area contributed by atoms with Crippen molar-refractivity contribution in [2.24, 2.45) is 0 Å². The Morgan fingerprint density at radius 2 is 1.86 bits per heavy atom. The van der Waals surface area contributed by atoms with E-state index in [9.17, 15) is 14.4 Å². The molecule has 3 amide bonds. The number of benzene rings is 2. The minimum atomic E-state index is -0.883. The van der Waals surface area contributed by atoms with Crippen molar-refractivity contribution >= 4 is 23.6 Å².